The van der Waals surface area contributed by atoms with Crippen molar-refractivity contribution in [3.05, 3.63) is 186 Å². The summed E-state index contributed by atoms with van der Waals surface area (Å²) >= 11 is 0. The van der Waals surface area contributed by atoms with Crippen LogP contribution in [-0.4, -0.2) is 24.0 Å². The highest BCUT2D eigenvalue weighted by molar-refractivity contribution is 7.00. The van der Waals surface area contributed by atoms with Gasteiger partial charge in [-0.3, -0.25) is 9.80 Å². The van der Waals surface area contributed by atoms with Crippen LogP contribution in [0.25, 0.3) is 60.2 Å². The topological polar surface area (TPSA) is 41.6 Å². The van der Waals surface area contributed by atoms with E-state index in [2.05, 4.69) is 227 Å². The van der Waals surface area contributed by atoms with E-state index in [1.54, 1.807) is 0 Å². The number of benzene rings is 9. The molecular formula is C65H55B2N3O2. The molecule has 5 nitrogen and oxygen atoms in total. The first-order chi connectivity index (χ1) is 35.0. The Hall–Kier alpha value is -7.76. The predicted molar refractivity (Wildman–Crippen MR) is 307 cm³/mol. The van der Waals surface area contributed by atoms with Crippen LogP contribution < -0.4 is 42.6 Å². The summed E-state index contributed by atoms with van der Waals surface area (Å²) in [5.74, 6) is 1.08. The Morgan fingerprint density at radius 2 is 0.917 bits per heavy atom. The van der Waals surface area contributed by atoms with Crippen LogP contribution in [0.1, 0.15) is 101 Å². The summed E-state index contributed by atoms with van der Waals surface area (Å²) in [5, 5.41) is 6.57. The third kappa shape index (κ3) is 5.82. The molecule has 0 saturated heterocycles. The normalized spacial score (nSPS) is 14.0. The standard InChI is InChI=1S/C65H55B2N3O2/c1-36(2)42-22-16-23-43(37(3)4)61(42)66-50-30-28-40-29-31-51-64-60(40)63(50)69(56-32-48-46-20-12-14-26-54(46)68(55(48)34-52(56)66)41-18-10-9-11-19-41)65(71)70(64)57-33-49-47-21-13-15-27-58(47)72-59(49)35-53(57)67(51)62-44(38(5)6)24-17-25-45(62)39(7)8/h9-39H,1-8H3. The van der Waals surface area contributed by atoms with E-state index in [9.17, 15) is 0 Å². The summed E-state index contributed by atoms with van der Waals surface area (Å²) < 4.78 is 9.15. The molecule has 0 bridgehead atoms. The third-order valence-electron chi connectivity index (χ3n) is 16.5. The van der Waals surface area contributed by atoms with Crippen LogP contribution in [0.3, 0.4) is 0 Å². The van der Waals surface area contributed by atoms with Crippen molar-refractivity contribution in [2.24, 2.45) is 0 Å². The number of anilines is 4. The summed E-state index contributed by atoms with van der Waals surface area (Å²) in [6.45, 7) is 18.3. The van der Waals surface area contributed by atoms with Gasteiger partial charge in [0.05, 0.1) is 22.4 Å². The Morgan fingerprint density at radius 1 is 0.417 bits per heavy atom. The molecule has 3 aliphatic rings. The number of urea groups is 1. The Kier molecular flexibility index (Phi) is 9.34. The number of amides is 2. The van der Waals surface area contributed by atoms with E-state index in [4.69, 9.17) is 4.42 Å². The highest BCUT2D eigenvalue weighted by atomic mass is 16.3. The minimum Gasteiger partial charge on any atom is -0.456 e. The Bertz CT molecular complexity index is 4070. The Morgan fingerprint density at radius 3 is 1.49 bits per heavy atom. The van der Waals surface area contributed by atoms with Gasteiger partial charge in [-0.25, -0.2) is 4.79 Å². The maximum Gasteiger partial charge on any atom is 0.338 e. The van der Waals surface area contributed by atoms with Gasteiger partial charge >= 0.3 is 6.03 Å². The van der Waals surface area contributed by atoms with Crippen LogP contribution in [0.15, 0.2) is 168 Å². The van der Waals surface area contributed by atoms with Gasteiger partial charge in [0.1, 0.15) is 11.2 Å². The van der Waals surface area contributed by atoms with Crippen molar-refractivity contribution >= 4 is 129 Å². The fourth-order valence-corrected chi connectivity index (χ4v) is 13.4. The molecule has 0 unspecified atom stereocenters. The highest BCUT2D eigenvalue weighted by Crippen LogP contribution is 2.50. The lowest BCUT2D eigenvalue weighted by Crippen LogP contribution is -2.65. The maximum atomic E-state index is 16.9. The van der Waals surface area contributed by atoms with E-state index in [0.29, 0.717) is 0 Å². The van der Waals surface area contributed by atoms with Crippen molar-refractivity contribution in [2.45, 2.75) is 79.1 Å². The fourth-order valence-electron chi connectivity index (χ4n) is 13.4. The Balaban J connectivity index is 1.16. The van der Waals surface area contributed by atoms with Gasteiger partial charge in [-0.1, -0.05) is 182 Å². The molecule has 14 rings (SSSR count). The minimum atomic E-state index is -0.163. The first-order valence-electron chi connectivity index (χ1n) is 26.1. The van der Waals surface area contributed by atoms with Crippen LogP contribution in [0, 0.1) is 0 Å². The van der Waals surface area contributed by atoms with E-state index in [0.717, 1.165) is 105 Å². The molecule has 0 spiro atoms. The molecule has 2 aromatic heterocycles. The van der Waals surface area contributed by atoms with Gasteiger partial charge in [0.25, 0.3) is 0 Å². The SMILES string of the molecule is CC(C)c1cccc(C(C)C)c1B1c2cc3oc4ccccc4c3cc2N2C(=O)N3c4cc5c6ccccc6n(-c6ccccc6)c5cc4B(c4c(C(C)C)cccc4C(C)C)c4ccc5ccc1c2c5c43. The summed E-state index contributed by atoms with van der Waals surface area (Å²) in [5.41, 5.74) is 21.5. The van der Waals surface area contributed by atoms with Crippen molar-refractivity contribution in [3.8, 4) is 5.69 Å². The first-order valence-corrected chi connectivity index (χ1v) is 26.1. The molecule has 0 radical (unpaired) electrons. The van der Waals surface area contributed by atoms with Crippen LogP contribution >= 0.6 is 0 Å². The number of para-hydroxylation sites is 3. The second-order valence-electron chi connectivity index (χ2n) is 21.9. The highest BCUT2D eigenvalue weighted by Gasteiger charge is 2.50. The quantitative estimate of drug-likeness (QED) is 0.149. The van der Waals surface area contributed by atoms with Gasteiger partial charge in [-0.05, 0) is 122 Å². The minimum absolute atomic E-state index is 0.0659. The van der Waals surface area contributed by atoms with Gasteiger partial charge in [0.15, 0.2) is 0 Å². The molecule has 0 aliphatic carbocycles. The molecule has 11 aromatic rings. The number of hydrogen-bond acceptors (Lipinski definition) is 2. The number of furan rings is 1. The van der Waals surface area contributed by atoms with Crippen molar-refractivity contribution < 1.29 is 9.21 Å². The number of fused-ring (bicyclic) bond motifs is 10. The van der Waals surface area contributed by atoms with Crippen LogP contribution in [0.5, 0.6) is 0 Å². The zero-order valence-electron chi connectivity index (χ0n) is 42.2. The van der Waals surface area contributed by atoms with Crippen LogP contribution in [-0.2, 0) is 0 Å². The van der Waals surface area contributed by atoms with Gasteiger partial charge in [-0.15, -0.1) is 0 Å². The van der Waals surface area contributed by atoms with Gasteiger partial charge in [-0.2, -0.15) is 0 Å². The van der Waals surface area contributed by atoms with Crippen molar-refractivity contribution in [1.82, 2.24) is 4.57 Å². The van der Waals surface area contributed by atoms with E-state index in [1.807, 2.05) is 6.07 Å². The molecule has 5 heterocycles. The second-order valence-corrected chi connectivity index (χ2v) is 21.9. The van der Waals surface area contributed by atoms with Crippen molar-refractivity contribution in [3.63, 3.8) is 0 Å². The van der Waals surface area contributed by atoms with E-state index in [1.165, 1.54) is 33.2 Å². The molecule has 7 heteroatoms. The molecule has 0 saturated carbocycles. The number of carbonyl (C=O) groups is 1. The third-order valence-corrected chi connectivity index (χ3v) is 16.5. The summed E-state index contributed by atoms with van der Waals surface area (Å²) in [6.07, 6.45) is 0. The average Bonchev–Trinajstić information content (AvgIpc) is 3.92. The molecule has 0 atom stereocenters. The first kappa shape index (κ1) is 43.1. The molecule has 348 valence electrons. The lowest BCUT2D eigenvalue weighted by atomic mass is 9.32. The number of aromatic nitrogens is 1. The molecular weight excluding hydrogens is 876 g/mol. The molecule has 0 fully saturated rings. The Labute approximate surface area is 421 Å². The van der Waals surface area contributed by atoms with Crippen LogP contribution in [0.2, 0.25) is 0 Å². The zero-order valence-corrected chi connectivity index (χ0v) is 42.2. The van der Waals surface area contributed by atoms with Gasteiger partial charge < -0.3 is 8.98 Å². The zero-order chi connectivity index (χ0) is 49.0. The van der Waals surface area contributed by atoms with Crippen molar-refractivity contribution in [1.29, 1.82) is 0 Å². The summed E-state index contributed by atoms with van der Waals surface area (Å²) in [4.78, 5) is 21.1. The summed E-state index contributed by atoms with van der Waals surface area (Å²) in [7, 11) is 0. The van der Waals surface area contributed by atoms with E-state index >= 15 is 4.79 Å². The largest absolute Gasteiger partial charge is 0.456 e. The fraction of sp³-hybridized carbons (Fsp3) is 0.185. The van der Waals surface area contributed by atoms with Gasteiger partial charge in [0.2, 0.25) is 13.4 Å². The van der Waals surface area contributed by atoms with Gasteiger partial charge in [0, 0.05) is 44.0 Å². The maximum absolute atomic E-state index is 16.9. The monoisotopic (exact) mass is 931 g/mol. The summed E-state index contributed by atoms with van der Waals surface area (Å²) in [6, 6.07) is 60.2. The molecule has 3 aliphatic heterocycles. The molecule has 9 aromatic carbocycles. The number of hydrogen-bond donors (Lipinski definition) is 0. The number of rotatable bonds is 7. The lowest BCUT2D eigenvalue weighted by Gasteiger charge is -2.47. The predicted octanol–water partition coefficient (Wildman–Crippen LogP) is 13.4. The molecule has 2 amide bonds. The smallest absolute Gasteiger partial charge is 0.338 e. The lowest BCUT2D eigenvalue weighted by molar-refractivity contribution is 0.255. The molecule has 72 heavy (non-hydrogen) atoms. The van der Waals surface area contributed by atoms with E-state index in [-0.39, 0.29) is 43.1 Å². The van der Waals surface area contributed by atoms with Crippen LogP contribution in [0.4, 0.5) is 27.5 Å². The molecule has 0 N–H and O–H groups in total. The average molecular weight is 932 g/mol. The van der Waals surface area contributed by atoms with Crippen molar-refractivity contribution in [2.75, 3.05) is 9.80 Å². The second kappa shape index (κ2) is 15.6. The number of carbonyl (C=O) groups excluding carboxylic acids is 1. The van der Waals surface area contributed by atoms with E-state index < -0.39 is 0 Å². The number of nitrogens with zero attached hydrogens (tertiary/aromatic N) is 3.